The Bertz CT molecular complexity index is 1130. The highest BCUT2D eigenvalue weighted by Crippen LogP contribution is 2.41. The van der Waals surface area contributed by atoms with Crippen molar-refractivity contribution in [1.82, 2.24) is 4.90 Å². The zero-order valence-corrected chi connectivity index (χ0v) is 26.1. The number of rotatable bonds is 17. The Morgan fingerprint density at radius 3 is 1.80 bits per heavy atom. The molecule has 0 amide bonds. The van der Waals surface area contributed by atoms with Gasteiger partial charge in [0.15, 0.2) is 0 Å². The molecule has 218 valence electrons. The number of nitrogens with zero attached hydrogens (tertiary/aromatic N) is 2. The third-order valence-electron chi connectivity index (χ3n) is 8.09. The lowest BCUT2D eigenvalue weighted by atomic mass is 9.80. The normalized spacial score (nSPS) is 13.1. The van der Waals surface area contributed by atoms with E-state index in [0.29, 0.717) is 10.9 Å². The molecule has 0 N–H and O–H groups in total. The molecule has 0 aliphatic rings. The maximum Gasteiger partial charge on any atom is 0.0406 e. The molecule has 3 aromatic rings. The molecule has 0 saturated carbocycles. The summed E-state index contributed by atoms with van der Waals surface area (Å²) in [7, 11) is 8.45. The van der Waals surface area contributed by atoms with Gasteiger partial charge in [-0.05, 0) is 85.2 Å². The number of unbranched alkanes of at least 4 members (excludes halogenated alkanes) is 5. The van der Waals surface area contributed by atoms with E-state index in [1.165, 1.54) is 56.1 Å². The second kappa shape index (κ2) is 16.7. The zero-order valence-electron chi connectivity index (χ0n) is 25.3. The van der Waals surface area contributed by atoms with Gasteiger partial charge < -0.3 is 14.4 Å². The number of hydrogen-bond donors (Lipinski definition) is 0. The Kier molecular flexibility index (Phi) is 13.4. The highest BCUT2D eigenvalue weighted by Gasteiger charge is 2.26. The first-order chi connectivity index (χ1) is 19.3. The van der Waals surface area contributed by atoms with Gasteiger partial charge >= 0.3 is 0 Å². The summed E-state index contributed by atoms with van der Waals surface area (Å²) in [6.07, 6.45) is 11.8. The summed E-state index contributed by atoms with van der Waals surface area (Å²) in [6.45, 7) is 2.26. The monoisotopic (exact) mass is 561 g/mol. The summed E-state index contributed by atoms with van der Waals surface area (Å²) in [4.78, 5) is 4.90. The highest BCUT2D eigenvalue weighted by molar-refractivity contribution is 7.79. The minimum Gasteiger partial charge on any atom is -0.768 e. The van der Waals surface area contributed by atoms with Crippen molar-refractivity contribution >= 4 is 16.8 Å². The van der Waals surface area contributed by atoms with Crippen molar-refractivity contribution in [2.75, 3.05) is 33.1 Å². The van der Waals surface area contributed by atoms with Gasteiger partial charge in [-0.2, -0.15) is 0 Å². The van der Waals surface area contributed by atoms with Crippen LogP contribution in [-0.2, 0) is 17.5 Å². The van der Waals surface area contributed by atoms with Crippen LogP contribution < -0.4 is 4.90 Å². The predicted octanol–water partition coefficient (Wildman–Crippen LogP) is 8.17. The molecule has 0 aliphatic heterocycles. The van der Waals surface area contributed by atoms with E-state index in [1.807, 2.05) is 32.3 Å². The van der Waals surface area contributed by atoms with Crippen molar-refractivity contribution in [2.45, 2.75) is 88.0 Å². The van der Waals surface area contributed by atoms with Gasteiger partial charge in [-0.25, -0.2) is 0 Å². The molecule has 0 saturated heterocycles. The van der Waals surface area contributed by atoms with Crippen LogP contribution in [0.2, 0.25) is 0 Å². The molecule has 2 atom stereocenters. The average molecular weight is 562 g/mol. The fraction of sp³-hybridized carbons (Fsp3) is 0.486. The molecule has 0 aliphatic carbocycles. The zero-order chi connectivity index (χ0) is 28.9. The van der Waals surface area contributed by atoms with E-state index in [4.69, 9.17) is 0 Å². The van der Waals surface area contributed by atoms with Crippen molar-refractivity contribution in [1.29, 1.82) is 0 Å². The summed E-state index contributed by atoms with van der Waals surface area (Å²) in [5, 5.41) is 0. The van der Waals surface area contributed by atoms with Gasteiger partial charge in [0.1, 0.15) is 0 Å². The molecule has 5 heteroatoms. The van der Waals surface area contributed by atoms with Crippen LogP contribution in [0.15, 0.2) is 77.7 Å². The lowest BCUT2D eigenvalue weighted by molar-refractivity contribution is 0.253. The SMILES string of the molecule is CCCCCCCCC(CCCc1c(S(=O)[O-])ccc(N(C)C)c1C(c1ccccc1)c1ccccc1)N(C)C. The Labute approximate surface area is 246 Å². The van der Waals surface area contributed by atoms with E-state index in [-0.39, 0.29) is 5.92 Å². The van der Waals surface area contributed by atoms with Crippen molar-refractivity contribution in [2.24, 2.45) is 0 Å². The molecule has 0 bridgehead atoms. The number of hydrogen-bond acceptors (Lipinski definition) is 4. The van der Waals surface area contributed by atoms with Crippen LogP contribution in [0.4, 0.5) is 5.69 Å². The molecular weight excluding hydrogens is 512 g/mol. The molecular formula is C35H49N2O2S-. The van der Waals surface area contributed by atoms with E-state index in [9.17, 15) is 8.76 Å². The van der Waals surface area contributed by atoms with Gasteiger partial charge in [0, 0.05) is 36.6 Å². The molecule has 0 fully saturated rings. The third-order valence-corrected chi connectivity index (χ3v) is 8.83. The molecule has 3 rings (SSSR count). The molecule has 3 aromatic carbocycles. The van der Waals surface area contributed by atoms with Gasteiger partial charge in [0.2, 0.25) is 0 Å². The lowest BCUT2D eigenvalue weighted by Crippen LogP contribution is -2.28. The molecule has 2 unspecified atom stereocenters. The summed E-state index contributed by atoms with van der Waals surface area (Å²) in [5.41, 5.74) is 5.45. The maximum atomic E-state index is 12.6. The van der Waals surface area contributed by atoms with E-state index in [1.54, 1.807) is 6.07 Å². The Morgan fingerprint density at radius 2 is 1.27 bits per heavy atom. The van der Waals surface area contributed by atoms with Gasteiger partial charge in [-0.15, -0.1) is 0 Å². The van der Waals surface area contributed by atoms with Crippen LogP contribution in [0.25, 0.3) is 0 Å². The standard InChI is InChI=1S/C35H50N2O2S/c1-6-7-8-9-10-17-23-30(36(2)3)24-18-25-31-33(40(38)39)27-26-32(37(4)5)35(31)34(28-19-13-11-14-20-28)29-21-15-12-16-22-29/h11-16,19-22,26-27,30,34H,6-10,17-18,23-25H2,1-5H3,(H,38,39)/p-1. The number of anilines is 1. The van der Waals surface area contributed by atoms with Crippen molar-refractivity contribution < 1.29 is 8.76 Å². The molecule has 0 heterocycles. The third kappa shape index (κ3) is 9.02. The summed E-state index contributed by atoms with van der Waals surface area (Å²) in [5.74, 6) is -0.0638. The van der Waals surface area contributed by atoms with Crippen LogP contribution >= 0.6 is 0 Å². The molecule has 40 heavy (non-hydrogen) atoms. The van der Waals surface area contributed by atoms with Crippen molar-refractivity contribution in [3.8, 4) is 0 Å². The van der Waals surface area contributed by atoms with Crippen LogP contribution in [0, 0.1) is 0 Å². The second-order valence-electron chi connectivity index (χ2n) is 11.4. The van der Waals surface area contributed by atoms with Crippen LogP contribution in [-0.4, -0.2) is 47.9 Å². The van der Waals surface area contributed by atoms with Gasteiger partial charge in [0.25, 0.3) is 0 Å². The van der Waals surface area contributed by atoms with Crippen molar-refractivity contribution in [3.05, 3.63) is 95.1 Å². The van der Waals surface area contributed by atoms with Gasteiger partial charge in [-0.1, -0.05) is 106 Å². The predicted molar refractivity (Wildman–Crippen MR) is 170 cm³/mol. The van der Waals surface area contributed by atoms with Crippen LogP contribution in [0.3, 0.4) is 0 Å². The van der Waals surface area contributed by atoms with Crippen molar-refractivity contribution in [3.63, 3.8) is 0 Å². The van der Waals surface area contributed by atoms with Crippen LogP contribution in [0.5, 0.6) is 0 Å². The van der Waals surface area contributed by atoms with E-state index in [2.05, 4.69) is 79.3 Å². The summed E-state index contributed by atoms with van der Waals surface area (Å²) >= 11 is -2.31. The quantitative estimate of drug-likeness (QED) is 0.0947. The topological polar surface area (TPSA) is 46.6 Å². The molecule has 4 nitrogen and oxygen atoms in total. The van der Waals surface area contributed by atoms with E-state index in [0.717, 1.165) is 36.1 Å². The first-order valence-electron chi connectivity index (χ1n) is 15.0. The molecule has 0 radical (unpaired) electrons. The van der Waals surface area contributed by atoms with E-state index < -0.39 is 11.1 Å². The summed E-state index contributed by atoms with van der Waals surface area (Å²) in [6, 6.07) is 25.3. The fourth-order valence-electron chi connectivity index (χ4n) is 5.91. The number of benzene rings is 3. The molecule has 0 aromatic heterocycles. The first-order valence-corrected chi connectivity index (χ1v) is 16.1. The fourth-order valence-corrected chi connectivity index (χ4v) is 6.50. The Hall–Kier alpha value is -2.47. The minimum absolute atomic E-state index is 0.0638. The average Bonchev–Trinajstić information content (AvgIpc) is 2.95. The van der Waals surface area contributed by atoms with Gasteiger partial charge in [0.05, 0.1) is 0 Å². The lowest BCUT2D eigenvalue weighted by Gasteiger charge is -2.30. The van der Waals surface area contributed by atoms with Gasteiger partial charge in [-0.3, -0.25) is 4.21 Å². The Morgan fingerprint density at radius 1 is 0.725 bits per heavy atom. The smallest absolute Gasteiger partial charge is 0.0406 e. The summed E-state index contributed by atoms with van der Waals surface area (Å²) < 4.78 is 25.2. The minimum atomic E-state index is -2.31. The van der Waals surface area contributed by atoms with E-state index >= 15 is 0 Å². The second-order valence-corrected chi connectivity index (χ2v) is 12.3. The Balaban J connectivity index is 1.96. The van der Waals surface area contributed by atoms with Crippen LogP contribution in [0.1, 0.15) is 92.9 Å². The first kappa shape index (κ1) is 32.0. The largest absolute Gasteiger partial charge is 0.768 e. The maximum absolute atomic E-state index is 12.6. The molecule has 0 spiro atoms. The highest BCUT2D eigenvalue weighted by atomic mass is 32.2.